The Morgan fingerprint density at radius 2 is 2.13 bits per heavy atom. The van der Waals surface area contributed by atoms with Crippen molar-refractivity contribution in [1.82, 2.24) is 10.2 Å². The average molecular weight is 319 g/mol. The Labute approximate surface area is 139 Å². The van der Waals surface area contributed by atoms with Crippen molar-refractivity contribution in [3.63, 3.8) is 0 Å². The number of carbonyl (C=O) groups is 1. The molecule has 1 aliphatic heterocycles. The van der Waals surface area contributed by atoms with E-state index in [4.69, 9.17) is 5.11 Å². The maximum Gasteiger partial charge on any atom is 0.319 e. The van der Waals surface area contributed by atoms with Crippen molar-refractivity contribution >= 4 is 11.7 Å². The molecule has 23 heavy (non-hydrogen) atoms. The summed E-state index contributed by atoms with van der Waals surface area (Å²) in [5.74, 6) is 0. The zero-order valence-corrected chi connectivity index (χ0v) is 14.1. The minimum absolute atomic E-state index is 0.0560. The van der Waals surface area contributed by atoms with Crippen LogP contribution in [0.3, 0.4) is 0 Å². The van der Waals surface area contributed by atoms with Crippen molar-refractivity contribution < 1.29 is 9.90 Å². The first kappa shape index (κ1) is 17.8. The van der Waals surface area contributed by atoms with E-state index in [2.05, 4.69) is 21.6 Å². The van der Waals surface area contributed by atoms with E-state index < -0.39 is 0 Å². The van der Waals surface area contributed by atoms with Gasteiger partial charge < -0.3 is 20.6 Å². The van der Waals surface area contributed by atoms with E-state index in [0.29, 0.717) is 6.42 Å². The maximum absolute atomic E-state index is 12.0. The quantitative estimate of drug-likeness (QED) is 0.690. The molecule has 5 nitrogen and oxygen atoms in total. The van der Waals surface area contributed by atoms with Crippen LogP contribution in [0.4, 0.5) is 10.5 Å². The Bertz CT molecular complexity index is 487. The third kappa shape index (κ3) is 6.59. The van der Waals surface area contributed by atoms with Crippen LogP contribution in [0, 0.1) is 0 Å². The monoisotopic (exact) mass is 319 g/mol. The molecule has 0 aliphatic carbocycles. The molecular weight excluding hydrogens is 290 g/mol. The first-order chi connectivity index (χ1) is 11.2. The van der Waals surface area contributed by atoms with Crippen LogP contribution >= 0.6 is 0 Å². The van der Waals surface area contributed by atoms with E-state index in [9.17, 15) is 4.79 Å². The topological polar surface area (TPSA) is 64.6 Å². The summed E-state index contributed by atoms with van der Waals surface area (Å²) in [5.41, 5.74) is 2.08. The minimum Gasteiger partial charge on any atom is -0.396 e. The summed E-state index contributed by atoms with van der Waals surface area (Å²) in [7, 11) is 0. The molecule has 1 fully saturated rings. The highest BCUT2D eigenvalue weighted by molar-refractivity contribution is 5.89. The molecule has 2 amide bonds. The van der Waals surface area contributed by atoms with Crippen LogP contribution in [-0.4, -0.2) is 48.3 Å². The van der Waals surface area contributed by atoms with Gasteiger partial charge in [0.15, 0.2) is 0 Å². The number of nitrogens with zero attached hydrogens (tertiary/aromatic N) is 1. The number of rotatable bonds is 8. The van der Waals surface area contributed by atoms with Gasteiger partial charge in [-0.3, -0.25) is 0 Å². The number of hydrogen-bond acceptors (Lipinski definition) is 3. The third-order valence-corrected chi connectivity index (χ3v) is 4.27. The molecule has 1 saturated heterocycles. The molecule has 2 rings (SSSR count). The number of urea groups is 1. The molecule has 128 valence electrons. The second-order valence-corrected chi connectivity index (χ2v) is 6.36. The predicted molar refractivity (Wildman–Crippen MR) is 93.8 cm³/mol. The number of aliphatic hydroxyl groups is 1. The van der Waals surface area contributed by atoms with Gasteiger partial charge in [0.2, 0.25) is 0 Å². The molecule has 0 saturated carbocycles. The molecule has 0 bridgehead atoms. The molecular formula is C18H29N3O2. The lowest BCUT2D eigenvalue weighted by atomic mass is 10.1. The Balaban J connectivity index is 1.78. The molecule has 1 aromatic rings. The van der Waals surface area contributed by atoms with Gasteiger partial charge in [-0.1, -0.05) is 12.1 Å². The molecule has 0 radical (unpaired) electrons. The van der Waals surface area contributed by atoms with Crippen LogP contribution in [-0.2, 0) is 6.42 Å². The lowest BCUT2D eigenvalue weighted by Crippen LogP contribution is -2.36. The summed E-state index contributed by atoms with van der Waals surface area (Å²) in [6.45, 7) is 5.63. The molecule has 0 aromatic heterocycles. The lowest BCUT2D eigenvalue weighted by Gasteiger charge is -2.16. The Hall–Kier alpha value is -1.59. The second-order valence-electron chi connectivity index (χ2n) is 6.36. The zero-order chi connectivity index (χ0) is 16.5. The van der Waals surface area contributed by atoms with Crippen LogP contribution in [0.1, 0.15) is 38.2 Å². The minimum atomic E-state index is -0.188. The molecule has 1 aliphatic rings. The van der Waals surface area contributed by atoms with Gasteiger partial charge in [0.1, 0.15) is 0 Å². The first-order valence-electron chi connectivity index (χ1n) is 8.67. The zero-order valence-electron chi connectivity index (χ0n) is 14.1. The van der Waals surface area contributed by atoms with Crippen LogP contribution < -0.4 is 10.6 Å². The predicted octanol–water partition coefficient (Wildman–Crippen LogP) is 2.61. The van der Waals surface area contributed by atoms with E-state index in [1.165, 1.54) is 31.5 Å². The lowest BCUT2D eigenvalue weighted by molar-refractivity contribution is 0.245. The van der Waals surface area contributed by atoms with Crippen molar-refractivity contribution in [2.24, 2.45) is 0 Å². The second kappa shape index (κ2) is 9.53. The van der Waals surface area contributed by atoms with Gasteiger partial charge in [-0.2, -0.15) is 0 Å². The standard InChI is InChI=1S/C18H29N3O2/c1-15(6-5-13-22)19-18(23)20-17-8-4-7-16(14-17)9-12-21-10-2-3-11-21/h4,7-8,14-15,22H,2-3,5-6,9-13H2,1H3,(H2,19,20,23). The summed E-state index contributed by atoms with van der Waals surface area (Å²) in [4.78, 5) is 14.5. The SMILES string of the molecule is CC(CCCO)NC(=O)Nc1cccc(CCN2CCCC2)c1. The number of anilines is 1. The van der Waals surface area contributed by atoms with Crippen LogP contribution in [0.2, 0.25) is 0 Å². The van der Waals surface area contributed by atoms with Crippen molar-refractivity contribution in [2.45, 2.75) is 45.1 Å². The Morgan fingerprint density at radius 3 is 2.87 bits per heavy atom. The third-order valence-electron chi connectivity index (χ3n) is 4.27. The number of amides is 2. The van der Waals surface area contributed by atoms with Gasteiger partial charge in [-0.25, -0.2) is 4.79 Å². The maximum atomic E-state index is 12.0. The van der Waals surface area contributed by atoms with Gasteiger partial charge in [-0.05, 0) is 69.8 Å². The summed E-state index contributed by atoms with van der Waals surface area (Å²) >= 11 is 0. The molecule has 1 atom stereocenters. The first-order valence-corrected chi connectivity index (χ1v) is 8.67. The van der Waals surface area contributed by atoms with Crippen molar-refractivity contribution in [2.75, 3.05) is 31.6 Å². The molecule has 1 aromatic carbocycles. The summed E-state index contributed by atoms with van der Waals surface area (Å²) in [6, 6.07) is 7.94. The highest BCUT2D eigenvalue weighted by Crippen LogP contribution is 2.13. The largest absolute Gasteiger partial charge is 0.396 e. The average Bonchev–Trinajstić information content (AvgIpc) is 3.04. The van der Waals surface area contributed by atoms with Crippen molar-refractivity contribution in [3.05, 3.63) is 29.8 Å². The molecule has 1 heterocycles. The van der Waals surface area contributed by atoms with Crippen LogP contribution in [0.15, 0.2) is 24.3 Å². The number of likely N-dealkylation sites (tertiary alicyclic amines) is 1. The normalized spacial score (nSPS) is 16.3. The van der Waals surface area contributed by atoms with E-state index in [0.717, 1.165) is 25.1 Å². The van der Waals surface area contributed by atoms with Gasteiger partial charge in [0, 0.05) is 24.9 Å². The van der Waals surface area contributed by atoms with Crippen LogP contribution in [0.25, 0.3) is 0 Å². The molecule has 0 spiro atoms. The van der Waals surface area contributed by atoms with Gasteiger partial charge in [-0.15, -0.1) is 0 Å². The van der Waals surface area contributed by atoms with Gasteiger partial charge >= 0.3 is 6.03 Å². The van der Waals surface area contributed by atoms with Crippen molar-refractivity contribution in [3.8, 4) is 0 Å². The van der Waals surface area contributed by atoms with E-state index in [1.807, 2.05) is 25.1 Å². The number of carbonyl (C=O) groups excluding carboxylic acids is 1. The Kier molecular flexibility index (Phi) is 7.36. The van der Waals surface area contributed by atoms with E-state index in [1.54, 1.807) is 0 Å². The number of nitrogens with one attached hydrogen (secondary N) is 2. The van der Waals surface area contributed by atoms with E-state index >= 15 is 0 Å². The van der Waals surface area contributed by atoms with Crippen molar-refractivity contribution in [1.29, 1.82) is 0 Å². The molecule has 3 N–H and O–H groups in total. The van der Waals surface area contributed by atoms with E-state index in [-0.39, 0.29) is 18.7 Å². The van der Waals surface area contributed by atoms with Gasteiger partial charge in [0.05, 0.1) is 0 Å². The summed E-state index contributed by atoms with van der Waals surface area (Å²) in [6.07, 6.45) is 5.13. The summed E-state index contributed by atoms with van der Waals surface area (Å²) < 4.78 is 0. The Morgan fingerprint density at radius 1 is 1.35 bits per heavy atom. The number of benzene rings is 1. The molecule has 1 unspecified atom stereocenters. The fraction of sp³-hybridized carbons (Fsp3) is 0.611. The van der Waals surface area contributed by atoms with Gasteiger partial charge in [0.25, 0.3) is 0 Å². The van der Waals surface area contributed by atoms with Crippen LogP contribution in [0.5, 0.6) is 0 Å². The fourth-order valence-electron chi connectivity index (χ4n) is 2.96. The fourth-order valence-corrected chi connectivity index (χ4v) is 2.96. The highest BCUT2D eigenvalue weighted by atomic mass is 16.3. The summed E-state index contributed by atoms with van der Waals surface area (Å²) in [5, 5.41) is 14.6. The number of aliphatic hydroxyl groups excluding tert-OH is 1. The number of hydrogen-bond donors (Lipinski definition) is 3. The highest BCUT2D eigenvalue weighted by Gasteiger charge is 2.11. The molecule has 5 heteroatoms. The smallest absolute Gasteiger partial charge is 0.319 e.